The minimum absolute atomic E-state index is 0.548. The molecule has 4 heteroatoms. The van der Waals surface area contributed by atoms with Crippen LogP contribution in [0.1, 0.15) is 12.8 Å². The van der Waals surface area contributed by atoms with Gasteiger partial charge in [0.1, 0.15) is 0 Å². The van der Waals surface area contributed by atoms with Crippen molar-refractivity contribution >= 4 is 24.0 Å². The minimum Gasteiger partial charge on any atom is -0.330 e. The second kappa shape index (κ2) is 8.51. The van der Waals surface area contributed by atoms with E-state index in [-0.39, 0.29) is 0 Å². The number of hydrogen-bond donors (Lipinski definition) is 0. The zero-order valence-corrected chi connectivity index (χ0v) is 9.10. The van der Waals surface area contributed by atoms with Crippen LogP contribution in [0, 0.1) is 0 Å². The summed E-state index contributed by atoms with van der Waals surface area (Å²) in [4.78, 5) is 0. The SMILES string of the molecule is C=CCCC[PH](=O)OCCBr. The number of unbranched alkanes of at least 4 members (excludes halogenated alkanes) is 1. The van der Waals surface area contributed by atoms with E-state index < -0.39 is 8.03 Å². The van der Waals surface area contributed by atoms with Gasteiger partial charge in [0, 0.05) is 11.5 Å². The highest BCUT2D eigenvalue weighted by Crippen LogP contribution is 2.23. The van der Waals surface area contributed by atoms with Crippen molar-refractivity contribution in [3.8, 4) is 0 Å². The first-order valence-corrected chi connectivity index (χ1v) is 6.28. The van der Waals surface area contributed by atoms with E-state index in [4.69, 9.17) is 4.52 Å². The molecule has 0 aromatic heterocycles. The summed E-state index contributed by atoms with van der Waals surface area (Å²) >= 11 is 3.20. The van der Waals surface area contributed by atoms with Crippen molar-refractivity contribution in [2.75, 3.05) is 18.1 Å². The van der Waals surface area contributed by atoms with Crippen molar-refractivity contribution in [3.05, 3.63) is 12.7 Å². The first kappa shape index (κ1) is 11.4. The summed E-state index contributed by atoms with van der Waals surface area (Å²) in [5, 5.41) is 0.755. The van der Waals surface area contributed by atoms with Gasteiger partial charge in [0.2, 0.25) is 0 Å². The second-order valence-corrected chi connectivity index (χ2v) is 4.42. The highest BCUT2D eigenvalue weighted by atomic mass is 79.9. The van der Waals surface area contributed by atoms with Crippen molar-refractivity contribution in [1.29, 1.82) is 0 Å². The maximum atomic E-state index is 11.0. The van der Waals surface area contributed by atoms with Gasteiger partial charge in [-0.3, -0.25) is 4.57 Å². The molecule has 0 bridgehead atoms. The molecule has 0 aromatic carbocycles. The zero-order valence-electron chi connectivity index (χ0n) is 6.51. The number of halogens is 1. The molecule has 0 heterocycles. The van der Waals surface area contributed by atoms with Crippen LogP contribution in [0.4, 0.5) is 0 Å². The van der Waals surface area contributed by atoms with E-state index in [0.29, 0.717) is 12.8 Å². The molecule has 0 N–H and O–H groups in total. The van der Waals surface area contributed by atoms with Gasteiger partial charge in [0.05, 0.1) is 6.61 Å². The summed E-state index contributed by atoms with van der Waals surface area (Å²) in [6.07, 6.45) is 4.36. The molecule has 66 valence electrons. The van der Waals surface area contributed by atoms with Crippen LogP contribution < -0.4 is 0 Å². The summed E-state index contributed by atoms with van der Waals surface area (Å²) in [6, 6.07) is 0. The molecule has 0 aliphatic rings. The summed E-state index contributed by atoms with van der Waals surface area (Å²) in [5.41, 5.74) is 0. The molecule has 0 spiro atoms. The molecule has 0 fully saturated rings. The Morgan fingerprint density at radius 3 is 2.91 bits per heavy atom. The molecule has 0 aromatic rings. The quantitative estimate of drug-likeness (QED) is 0.296. The summed E-state index contributed by atoms with van der Waals surface area (Å²) in [6.45, 7) is 4.13. The monoisotopic (exact) mass is 240 g/mol. The normalized spacial score (nSPS) is 12.8. The fraction of sp³-hybridized carbons (Fsp3) is 0.714. The minimum atomic E-state index is -1.75. The van der Waals surface area contributed by atoms with Crippen LogP contribution in [-0.4, -0.2) is 18.1 Å². The molecule has 1 atom stereocenters. The Morgan fingerprint density at radius 1 is 1.64 bits per heavy atom. The summed E-state index contributed by atoms with van der Waals surface area (Å²) in [7, 11) is -1.75. The van der Waals surface area contributed by atoms with Gasteiger partial charge in [-0.2, -0.15) is 0 Å². The van der Waals surface area contributed by atoms with Crippen LogP contribution in [-0.2, 0) is 9.09 Å². The molecular weight excluding hydrogens is 227 g/mol. The summed E-state index contributed by atoms with van der Waals surface area (Å²) in [5.74, 6) is 0. The van der Waals surface area contributed by atoms with E-state index in [0.717, 1.165) is 18.2 Å². The number of rotatable bonds is 7. The Labute approximate surface area is 77.0 Å². The Morgan fingerprint density at radius 2 is 2.36 bits per heavy atom. The maximum Gasteiger partial charge on any atom is 0.191 e. The number of alkyl halides is 1. The highest BCUT2D eigenvalue weighted by Gasteiger charge is 1.96. The van der Waals surface area contributed by atoms with Crippen LogP contribution in [0.3, 0.4) is 0 Å². The van der Waals surface area contributed by atoms with Crippen molar-refractivity contribution in [2.45, 2.75) is 12.8 Å². The van der Waals surface area contributed by atoms with Gasteiger partial charge in [-0.05, 0) is 12.8 Å². The lowest BCUT2D eigenvalue weighted by molar-refractivity contribution is 0.354. The predicted molar refractivity (Wildman–Crippen MR) is 53.0 cm³/mol. The molecule has 0 saturated heterocycles. The van der Waals surface area contributed by atoms with Crippen LogP contribution >= 0.6 is 24.0 Å². The van der Waals surface area contributed by atoms with E-state index in [1.807, 2.05) is 6.08 Å². The third-order valence-corrected chi connectivity index (χ3v) is 2.74. The van der Waals surface area contributed by atoms with E-state index in [9.17, 15) is 4.57 Å². The Bertz CT molecular complexity index is 128. The largest absolute Gasteiger partial charge is 0.330 e. The van der Waals surface area contributed by atoms with Crippen molar-refractivity contribution in [3.63, 3.8) is 0 Å². The van der Waals surface area contributed by atoms with Crippen LogP contribution in [0.5, 0.6) is 0 Å². The number of allylic oxidation sites excluding steroid dienone is 1. The van der Waals surface area contributed by atoms with E-state index in [2.05, 4.69) is 22.5 Å². The van der Waals surface area contributed by atoms with Crippen molar-refractivity contribution in [1.82, 2.24) is 0 Å². The molecule has 1 unspecified atom stereocenters. The van der Waals surface area contributed by atoms with Gasteiger partial charge < -0.3 is 4.52 Å². The third-order valence-electron chi connectivity index (χ3n) is 1.13. The Balaban J connectivity index is 3.15. The Hall–Kier alpha value is 0.410. The van der Waals surface area contributed by atoms with Gasteiger partial charge in [0.15, 0.2) is 8.03 Å². The average Bonchev–Trinajstić information content (AvgIpc) is 2.01. The second-order valence-electron chi connectivity index (χ2n) is 2.09. The van der Waals surface area contributed by atoms with E-state index >= 15 is 0 Å². The molecule has 0 aliphatic heterocycles. The summed E-state index contributed by atoms with van der Waals surface area (Å²) < 4.78 is 16.0. The van der Waals surface area contributed by atoms with E-state index in [1.54, 1.807) is 0 Å². The molecular formula is C7H14BrO2P. The Kier molecular flexibility index (Phi) is 8.82. The smallest absolute Gasteiger partial charge is 0.191 e. The molecule has 0 radical (unpaired) electrons. The van der Waals surface area contributed by atoms with Crippen LogP contribution in [0.25, 0.3) is 0 Å². The molecule has 0 amide bonds. The molecule has 0 aliphatic carbocycles. The fourth-order valence-corrected chi connectivity index (χ4v) is 2.04. The topological polar surface area (TPSA) is 26.3 Å². The highest BCUT2D eigenvalue weighted by molar-refractivity contribution is 9.09. The lowest BCUT2D eigenvalue weighted by Crippen LogP contribution is -1.88. The lowest BCUT2D eigenvalue weighted by Gasteiger charge is -1.99. The number of hydrogen-bond acceptors (Lipinski definition) is 2. The predicted octanol–water partition coefficient (Wildman–Crippen LogP) is 2.84. The van der Waals surface area contributed by atoms with Gasteiger partial charge in [0.25, 0.3) is 0 Å². The average molecular weight is 241 g/mol. The standard InChI is InChI=1S/C7H14BrO2P/c1-2-3-4-7-11(9)10-6-5-8/h2,11H,1,3-7H2. The first-order valence-electron chi connectivity index (χ1n) is 3.63. The molecule has 2 nitrogen and oxygen atoms in total. The van der Waals surface area contributed by atoms with E-state index in [1.165, 1.54) is 0 Å². The molecule has 11 heavy (non-hydrogen) atoms. The van der Waals surface area contributed by atoms with Crippen molar-refractivity contribution < 1.29 is 9.09 Å². The third kappa shape index (κ3) is 8.32. The fourth-order valence-electron chi connectivity index (χ4n) is 0.615. The van der Waals surface area contributed by atoms with Gasteiger partial charge in [-0.15, -0.1) is 6.58 Å². The maximum absolute atomic E-state index is 11.0. The molecule has 0 rings (SSSR count). The first-order chi connectivity index (χ1) is 5.31. The van der Waals surface area contributed by atoms with Crippen molar-refractivity contribution in [2.24, 2.45) is 0 Å². The molecule has 0 saturated carbocycles. The lowest BCUT2D eigenvalue weighted by atomic mass is 10.3. The van der Waals surface area contributed by atoms with Gasteiger partial charge in [-0.25, -0.2) is 0 Å². The van der Waals surface area contributed by atoms with Crippen LogP contribution in [0.15, 0.2) is 12.7 Å². The van der Waals surface area contributed by atoms with Gasteiger partial charge in [-0.1, -0.05) is 22.0 Å². The zero-order chi connectivity index (χ0) is 8.53. The van der Waals surface area contributed by atoms with Crippen LogP contribution in [0.2, 0.25) is 0 Å². The van der Waals surface area contributed by atoms with Gasteiger partial charge >= 0.3 is 0 Å².